The Bertz CT molecular complexity index is 1250. The molecule has 0 saturated carbocycles. The molecule has 34 heavy (non-hydrogen) atoms. The molecule has 2 aromatic heterocycles. The van der Waals surface area contributed by atoms with Gasteiger partial charge in [-0.05, 0) is 54.8 Å². The minimum atomic E-state index is 0.744. The van der Waals surface area contributed by atoms with Crippen LogP contribution in [-0.4, -0.2) is 61.3 Å². The van der Waals surface area contributed by atoms with Crippen molar-refractivity contribution in [2.24, 2.45) is 5.92 Å². The minimum Gasteiger partial charge on any atom is -0.381 e. The van der Waals surface area contributed by atoms with Crippen molar-refractivity contribution in [2.75, 3.05) is 51.3 Å². The molecule has 0 unspecified atom stereocenters. The first-order valence-corrected chi connectivity index (χ1v) is 12.4. The molecule has 2 aliphatic rings. The van der Waals surface area contributed by atoms with E-state index in [4.69, 9.17) is 9.72 Å². The van der Waals surface area contributed by atoms with E-state index in [1.807, 2.05) is 6.20 Å². The minimum absolute atomic E-state index is 0.744. The number of fused-ring (bicyclic) bond motifs is 1. The molecule has 0 atom stereocenters. The fraction of sp³-hybridized carbons (Fsp3) is 0.345. The van der Waals surface area contributed by atoms with E-state index in [1.54, 1.807) is 0 Å². The molecule has 1 N–H and O–H groups in total. The highest BCUT2D eigenvalue weighted by Crippen LogP contribution is 2.32. The van der Waals surface area contributed by atoms with E-state index < -0.39 is 0 Å². The van der Waals surface area contributed by atoms with Crippen molar-refractivity contribution in [3.05, 3.63) is 72.6 Å². The first kappa shape index (κ1) is 21.4. The number of H-pyrrole nitrogens is 1. The molecule has 4 heterocycles. The highest BCUT2D eigenvalue weighted by atomic mass is 16.5. The zero-order chi connectivity index (χ0) is 22.9. The molecule has 2 fully saturated rings. The zero-order valence-corrected chi connectivity index (χ0v) is 19.8. The van der Waals surface area contributed by atoms with E-state index in [1.165, 1.54) is 39.7 Å². The maximum absolute atomic E-state index is 5.30. The van der Waals surface area contributed by atoms with Crippen molar-refractivity contribution in [1.29, 1.82) is 0 Å². The predicted octanol–water partition coefficient (Wildman–Crippen LogP) is 5.23. The highest BCUT2D eigenvalue weighted by molar-refractivity contribution is 5.95. The summed E-state index contributed by atoms with van der Waals surface area (Å²) in [5.41, 5.74) is 8.42. The number of hydrogen-bond donors (Lipinski definition) is 1. The Morgan fingerprint density at radius 2 is 1.65 bits per heavy atom. The molecule has 2 aromatic carbocycles. The Balaban J connectivity index is 1.21. The molecule has 0 bridgehead atoms. The molecule has 0 amide bonds. The summed E-state index contributed by atoms with van der Waals surface area (Å²) in [6.45, 7) is 6.28. The Hall–Kier alpha value is -3.15. The Kier molecular flexibility index (Phi) is 5.81. The van der Waals surface area contributed by atoms with Gasteiger partial charge in [-0.1, -0.05) is 36.4 Å². The number of anilines is 1. The van der Waals surface area contributed by atoms with E-state index in [-0.39, 0.29) is 0 Å². The smallest absolute Gasteiger partial charge is 0.137 e. The lowest BCUT2D eigenvalue weighted by atomic mass is 9.96. The van der Waals surface area contributed by atoms with Gasteiger partial charge in [-0.15, -0.1) is 0 Å². The van der Waals surface area contributed by atoms with Gasteiger partial charge in [-0.2, -0.15) is 0 Å². The third kappa shape index (κ3) is 4.33. The van der Waals surface area contributed by atoms with Crippen LogP contribution in [0.2, 0.25) is 0 Å². The van der Waals surface area contributed by atoms with E-state index in [0.29, 0.717) is 0 Å². The lowest BCUT2D eigenvalue weighted by Crippen LogP contribution is -2.44. The number of ether oxygens (including phenoxy) is 1. The van der Waals surface area contributed by atoms with Crippen molar-refractivity contribution in [1.82, 2.24) is 14.9 Å². The summed E-state index contributed by atoms with van der Waals surface area (Å²) >= 11 is 0. The van der Waals surface area contributed by atoms with Gasteiger partial charge in [0.25, 0.3) is 0 Å². The van der Waals surface area contributed by atoms with Crippen molar-refractivity contribution >= 4 is 16.7 Å². The van der Waals surface area contributed by atoms with Gasteiger partial charge in [0.1, 0.15) is 5.65 Å². The van der Waals surface area contributed by atoms with E-state index in [0.717, 1.165) is 62.9 Å². The lowest BCUT2D eigenvalue weighted by molar-refractivity contribution is -0.0352. The van der Waals surface area contributed by atoms with Crippen LogP contribution in [0.25, 0.3) is 33.3 Å². The number of rotatable bonds is 6. The van der Waals surface area contributed by atoms with E-state index in [9.17, 15) is 0 Å². The molecule has 0 radical (unpaired) electrons. The predicted molar refractivity (Wildman–Crippen MR) is 139 cm³/mol. The zero-order valence-electron chi connectivity index (χ0n) is 19.8. The van der Waals surface area contributed by atoms with Crippen LogP contribution < -0.4 is 4.90 Å². The summed E-state index contributed by atoms with van der Waals surface area (Å²) in [5.74, 6) is 0.744. The number of piperazine rings is 1. The molecule has 0 aliphatic carbocycles. The number of nitrogens with one attached hydrogen (secondary N) is 1. The number of aryl methyl sites for hydroxylation is 1. The molecular weight excluding hydrogens is 420 g/mol. The first-order chi connectivity index (χ1) is 16.7. The highest BCUT2D eigenvalue weighted by Gasteiger charge is 2.18. The van der Waals surface area contributed by atoms with Crippen LogP contribution in [0.15, 0.2) is 67.0 Å². The number of nitrogens with zero attached hydrogens (tertiary/aromatic N) is 3. The third-order valence-corrected chi connectivity index (χ3v) is 7.41. The van der Waals surface area contributed by atoms with Crippen molar-refractivity contribution in [3.63, 3.8) is 0 Å². The first-order valence-electron chi connectivity index (χ1n) is 12.4. The second kappa shape index (κ2) is 9.24. The maximum atomic E-state index is 5.30. The second-order valence-corrected chi connectivity index (χ2v) is 9.80. The van der Waals surface area contributed by atoms with Gasteiger partial charge in [0.15, 0.2) is 0 Å². The van der Waals surface area contributed by atoms with Crippen LogP contribution in [0, 0.1) is 5.92 Å². The monoisotopic (exact) mass is 452 g/mol. The van der Waals surface area contributed by atoms with Gasteiger partial charge >= 0.3 is 0 Å². The van der Waals surface area contributed by atoms with Gasteiger partial charge in [0.05, 0.1) is 13.2 Å². The Morgan fingerprint density at radius 3 is 2.35 bits per heavy atom. The average molecular weight is 453 g/mol. The summed E-state index contributed by atoms with van der Waals surface area (Å²) in [4.78, 5) is 12.9. The molecule has 6 rings (SSSR count). The van der Waals surface area contributed by atoms with Gasteiger partial charge in [0, 0.05) is 66.7 Å². The van der Waals surface area contributed by atoms with Crippen LogP contribution in [0.3, 0.4) is 0 Å². The molecule has 4 aromatic rings. The van der Waals surface area contributed by atoms with Crippen molar-refractivity contribution in [3.8, 4) is 22.3 Å². The molecule has 2 saturated heterocycles. The van der Waals surface area contributed by atoms with E-state index >= 15 is 0 Å². The maximum Gasteiger partial charge on any atom is 0.137 e. The molecule has 5 heteroatoms. The number of pyridine rings is 1. The summed E-state index contributed by atoms with van der Waals surface area (Å²) in [6.07, 6.45) is 6.39. The van der Waals surface area contributed by atoms with E-state index in [2.05, 4.69) is 82.6 Å². The fourth-order valence-electron chi connectivity index (χ4n) is 5.00. The van der Waals surface area contributed by atoms with Gasteiger partial charge in [-0.3, -0.25) is 0 Å². The summed E-state index contributed by atoms with van der Waals surface area (Å²) in [7, 11) is 2.19. The normalized spacial score (nSPS) is 17.3. The van der Waals surface area contributed by atoms with Crippen molar-refractivity contribution < 1.29 is 4.74 Å². The molecule has 5 nitrogen and oxygen atoms in total. The number of aromatic amines is 1. The molecule has 2 aliphatic heterocycles. The number of aromatic nitrogens is 2. The molecule has 174 valence electrons. The van der Waals surface area contributed by atoms with Crippen LogP contribution in [-0.2, 0) is 11.2 Å². The Morgan fingerprint density at radius 1 is 0.912 bits per heavy atom. The van der Waals surface area contributed by atoms with Crippen LogP contribution in [0.1, 0.15) is 12.0 Å². The topological polar surface area (TPSA) is 44.4 Å². The summed E-state index contributed by atoms with van der Waals surface area (Å²) < 4.78 is 5.30. The fourth-order valence-corrected chi connectivity index (χ4v) is 5.00. The quantitative estimate of drug-likeness (QED) is 0.435. The standard InChI is InChI=1S/C29H32N4O/c1-32-12-14-33(15-13-32)26-10-8-23(9-11-26)25-16-27-28(18-31-29(27)30-17-25)24-6-4-21(5-7-24)2-3-22-19-34-20-22/h4-11,16-18,22H,2-3,12-15,19-20H2,1H3,(H,30,31). The number of benzene rings is 2. The summed E-state index contributed by atoms with van der Waals surface area (Å²) in [5, 5.41) is 1.17. The van der Waals surface area contributed by atoms with Crippen molar-refractivity contribution in [2.45, 2.75) is 12.8 Å². The largest absolute Gasteiger partial charge is 0.381 e. The lowest BCUT2D eigenvalue weighted by Gasteiger charge is -2.34. The SMILES string of the molecule is CN1CCN(c2ccc(-c3cnc4[nH]cc(-c5ccc(CCC6COC6)cc5)c4c3)cc2)CC1. The molecule has 0 spiro atoms. The number of hydrogen-bond acceptors (Lipinski definition) is 4. The van der Waals surface area contributed by atoms with Gasteiger partial charge in [-0.25, -0.2) is 4.98 Å². The van der Waals surface area contributed by atoms with Gasteiger partial charge in [0.2, 0.25) is 0 Å². The summed E-state index contributed by atoms with van der Waals surface area (Å²) in [6, 6.07) is 20.2. The Labute approximate surface area is 201 Å². The van der Waals surface area contributed by atoms with Crippen LogP contribution >= 0.6 is 0 Å². The van der Waals surface area contributed by atoms with Gasteiger partial charge < -0.3 is 19.5 Å². The average Bonchev–Trinajstić information content (AvgIpc) is 3.27. The van der Waals surface area contributed by atoms with Crippen LogP contribution in [0.5, 0.6) is 0 Å². The molecular formula is C29H32N4O. The number of likely N-dealkylation sites (N-methyl/N-ethyl adjacent to an activating group) is 1. The second-order valence-electron chi connectivity index (χ2n) is 9.80. The third-order valence-electron chi connectivity index (χ3n) is 7.41. The van der Waals surface area contributed by atoms with Crippen LogP contribution in [0.4, 0.5) is 5.69 Å².